The predicted molar refractivity (Wildman–Crippen MR) is 47.0 cm³/mol. The summed E-state index contributed by atoms with van der Waals surface area (Å²) in [7, 11) is 0. The van der Waals surface area contributed by atoms with Crippen molar-refractivity contribution in [2.45, 2.75) is 12.3 Å². The number of hydrogen-bond donors (Lipinski definition) is 1. The smallest absolute Gasteiger partial charge is 0.281 e. The molecule has 0 aliphatic heterocycles. The molecule has 0 radical (unpaired) electrons. The Bertz CT molecular complexity index is 367. The topological polar surface area (TPSA) is 20.2 Å². The molecule has 0 heterocycles. The van der Waals surface area contributed by atoms with Crippen molar-refractivity contribution in [2.75, 3.05) is 6.61 Å². The second-order valence-electron chi connectivity index (χ2n) is 2.90. The zero-order valence-corrected chi connectivity index (χ0v) is 8.16. The standard InChI is InChI=1S/C9H7ClF4O/c10-5-1-2-6(11)7(8(5)12)9(13,14)3-4-15/h1-2,15H,3-4H2. The maximum atomic E-state index is 13.2. The average molecular weight is 243 g/mol. The van der Waals surface area contributed by atoms with Crippen LogP contribution in [0.5, 0.6) is 0 Å². The summed E-state index contributed by atoms with van der Waals surface area (Å²) in [5, 5.41) is 7.78. The molecule has 6 heteroatoms. The van der Waals surface area contributed by atoms with E-state index in [1.165, 1.54) is 0 Å². The van der Waals surface area contributed by atoms with Crippen LogP contribution in [0.2, 0.25) is 5.02 Å². The lowest BCUT2D eigenvalue weighted by molar-refractivity contribution is -0.0331. The third kappa shape index (κ3) is 2.41. The normalized spacial score (nSPS) is 11.9. The van der Waals surface area contributed by atoms with Crippen molar-refractivity contribution in [1.29, 1.82) is 0 Å². The van der Waals surface area contributed by atoms with Crippen LogP contribution in [-0.4, -0.2) is 11.7 Å². The van der Waals surface area contributed by atoms with E-state index in [9.17, 15) is 17.6 Å². The Morgan fingerprint density at radius 1 is 1.27 bits per heavy atom. The first-order valence-corrected chi connectivity index (χ1v) is 4.40. The highest BCUT2D eigenvalue weighted by Gasteiger charge is 2.37. The van der Waals surface area contributed by atoms with Gasteiger partial charge >= 0.3 is 0 Å². The first-order chi connectivity index (χ1) is 6.90. The highest BCUT2D eigenvalue weighted by Crippen LogP contribution is 2.37. The summed E-state index contributed by atoms with van der Waals surface area (Å²) in [5.74, 6) is -6.64. The largest absolute Gasteiger partial charge is 0.396 e. The molecule has 1 aromatic carbocycles. The second kappa shape index (κ2) is 4.37. The van der Waals surface area contributed by atoms with Gasteiger partial charge in [0.1, 0.15) is 5.82 Å². The predicted octanol–water partition coefficient (Wildman–Crippen LogP) is 3.09. The van der Waals surface area contributed by atoms with E-state index in [4.69, 9.17) is 16.7 Å². The van der Waals surface area contributed by atoms with Crippen LogP contribution in [0.4, 0.5) is 17.6 Å². The van der Waals surface area contributed by atoms with Gasteiger partial charge in [0, 0.05) is 13.0 Å². The van der Waals surface area contributed by atoms with E-state index in [0.29, 0.717) is 6.07 Å². The van der Waals surface area contributed by atoms with Gasteiger partial charge in [0.25, 0.3) is 5.92 Å². The molecule has 0 bridgehead atoms. The summed E-state index contributed by atoms with van der Waals surface area (Å²) >= 11 is 5.25. The zero-order valence-electron chi connectivity index (χ0n) is 7.41. The zero-order chi connectivity index (χ0) is 11.6. The van der Waals surface area contributed by atoms with Crippen LogP contribution in [0, 0.1) is 11.6 Å². The van der Waals surface area contributed by atoms with Crippen molar-refractivity contribution in [3.63, 3.8) is 0 Å². The number of hydrogen-bond acceptors (Lipinski definition) is 1. The molecule has 0 atom stereocenters. The van der Waals surface area contributed by atoms with Crippen LogP contribution in [0.1, 0.15) is 12.0 Å². The molecule has 0 amide bonds. The Kier molecular flexibility index (Phi) is 3.57. The molecule has 0 fully saturated rings. The van der Waals surface area contributed by atoms with E-state index in [0.717, 1.165) is 6.07 Å². The van der Waals surface area contributed by atoms with Gasteiger partial charge in [-0.2, -0.15) is 0 Å². The lowest BCUT2D eigenvalue weighted by atomic mass is 10.0. The summed E-state index contributed by atoms with van der Waals surface area (Å²) in [6.45, 7) is -0.877. The van der Waals surface area contributed by atoms with Crippen molar-refractivity contribution < 1.29 is 22.7 Å². The maximum Gasteiger partial charge on any atom is 0.281 e. The van der Waals surface area contributed by atoms with Crippen molar-refractivity contribution in [3.05, 3.63) is 34.4 Å². The molecule has 0 aliphatic rings. The number of aliphatic hydroxyl groups is 1. The van der Waals surface area contributed by atoms with E-state index in [1.54, 1.807) is 0 Å². The fourth-order valence-electron chi connectivity index (χ4n) is 1.13. The van der Waals surface area contributed by atoms with Crippen LogP contribution < -0.4 is 0 Å². The molecular formula is C9H7ClF4O. The van der Waals surface area contributed by atoms with E-state index in [1.807, 2.05) is 0 Å². The Hall–Kier alpha value is -0.810. The number of aliphatic hydroxyl groups excluding tert-OH is 1. The highest BCUT2D eigenvalue weighted by molar-refractivity contribution is 6.30. The van der Waals surface area contributed by atoms with E-state index < -0.39 is 41.2 Å². The average Bonchev–Trinajstić information content (AvgIpc) is 2.11. The van der Waals surface area contributed by atoms with Crippen LogP contribution in [-0.2, 0) is 5.92 Å². The monoisotopic (exact) mass is 242 g/mol. The molecule has 0 saturated heterocycles. The summed E-state index contributed by atoms with van der Waals surface area (Å²) < 4.78 is 52.5. The van der Waals surface area contributed by atoms with Crippen LogP contribution >= 0.6 is 11.6 Å². The minimum absolute atomic E-state index is 0.580. The van der Waals surface area contributed by atoms with Gasteiger partial charge in [0.05, 0.1) is 10.6 Å². The van der Waals surface area contributed by atoms with Gasteiger partial charge in [-0.1, -0.05) is 11.6 Å². The summed E-state index contributed by atoms with van der Waals surface area (Å²) in [6, 6.07) is 1.51. The lowest BCUT2D eigenvalue weighted by Crippen LogP contribution is -2.19. The van der Waals surface area contributed by atoms with Gasteiger partial charge in [0.2, 0.25) is 0 Å². The maximum absolute atomic E-state index is 13.2. The Morgan fingerprint density at radius 2 is 1.87 bits per heavy atom. The molecule has 1 nitrogen and oxygen atoms in total. The molecule has 0 unspecified atom stereocenters. The van der Waals surface area contributed by atoms with Gasteiger partial charge in [0.15, 0.2) is 5.82 Å². The van der Waals surface area contributed by atoms with E-state index >= 15 is 0 Å². The molecule has 1 N–H and O–H groups in total. The van der Waals surface area contributed by atoms with Gasteiger partial charge in [-0.3, -0.25) is 0 Å². The summed E-state index contributed by atoms with van der Waals surface area (Å²) in [6.07, 6.45) is -1.05. The Labute approximate surface area is 88.3 Å². The number of halogens is 5. The minimum atomic E-state index is -3.77. The van der Waals surface area contributed by atoms with E-state index in [2.05, 4.69) is 0 Å². The quantitative estimate of drug-likeness (QED) is 0.638. The number of alkyl halides is 2. The van der Waals surface area contributed by atoms with Crippen LogP contribution in [0.25, 0.3) is 0 Å². The number of rotatable bonds is 3. The number of benzene rings is 1. The SMILES string of the molecule is OCCC(F)(F)c1c(F)ccc(Cl)c1F. The van der Waals surface area contributed by atoms with Crippen molar-refractivity contribution in [2.24, 2.45) is 0 Å². The Balaban J connectivity index is 3.29. The van der Waals surface area contributed by atoms with Gasteiger partial charge in [-0.05, 0) is 12.1 Å². The molecule has 0 aliphatic carbocycles. The molecular weight excluding hydrogens is 236 g/mol. The first-order valence-electron chi connectivity index (χ1n) is 4.03. The van der Waals surface area contributed by atoms with Crippen molar-refractivity contribution in [1.82, 2.24) is 0 Å². The molecule has 0 spiro atoms. The van der Waals surface area contributed by atoms with Gasteiger partial charge < -0.3 is 5.11 Å². The molecule has 84 valence electrons. The van der Waals surface area contributed by atoms with Gasteiger partial charge in [-0.25, -0.2) is 17.6 Å². The molecule has 0 aromatic heterocycles. The highest BCUT2D eigenvalue weighted by atomic mass is 35.5. The third-order valence-corrected chi connectivity index (χ3v) is 2.13. The summed E-state index contributed by atoms with van der Waals surface area (Å²) in [4.78, 5) is 0. The first kappa shape index (κ1) is 12.3. The second-order valence-corrected chi connectivity index (χ2v) is 3.30. The fourth-order valence-corrected chi connectivity index (χ4v) is 1.29. The third-order valence-electron chi connectivity index (χ3n) is 1.84. The Morgan fingerprint density at radius 3 is 2.40 bits per heavy atom. The lowest BCUT2D eigenvalue weighted by Gasteiger charge is -2.17. The van der Waals surface area contributed by atoms with Crippen molar-refractivity contribution in [3.8, 4) is 0 Å². The molecule has 1 rings (SSSR count). The van der Waals surface area contributed by atoms with Crippen molar-refractivity contribution >= 4 is 11.6 Å². The minimum Gasteiger partial charge on any atom is -0.396 e. The van der Waals surface area contributed by atoms with Crippen LogP contribution in [0.3, 0.4) is 0 Å². The molecule has 15 heavy (non-hydrogen) atoms. The van der Waals surface area contributed by atoms with Crippen LogP contribution in [0.15, 0.2) is 12.1 Å². The molecule has 1 aromatic rings. The fraction of sp³-hybridized carbons (Fsp3) is 0.333. The summed E-state index contributed by atoms with van der Waals surface area (Å²) in [5.41, 5.74) is -1.40. The molecule has 0 saturated carbocycles. The van der Waals surface area contributed by atoms with E-state index in [-0.39, 0.29) is 0 Å². The van der Waals surface area contributed by atoms with Gasteiger partial charge in [-0.15, -0.1) is 0 Å².